The van der Waals surface area contributed by atoms with Gasteiger partial charge in [-0.15, -0.1) is 0 Å². The molecule has 2 aliphatic carbocycles. The van der Waals surface area contributed by atoms with Crippen LogP contribution in [0.4, 0.5) is 0 Å². The van der Waals surface area contributed by atoms with Gasteiger partial charge in [0, 0.05) is 12.5 Å². The fourth-order valence-electron chi connectivity index (χ4n) is 3.41. The average Bonchev–Trinajstić information content (AvgIpc) is 2.88. The number of aliphatic hydroxyl groups is 1. The van der Waals surface area contributed by atoms with Crippen molar-refractivity contribution in [1.82, 2.24) is 10.1 Å². The molecule has 118 valence electrons. The van der Waals surface area contributed by atoms with E-state index in [-0.39, 0.29) is 17.6 Å². The summed E-state index contributed by atoms with van der Waals surface area (Å²) in [6.45, 7) is 7.29. The Morgan fingerprint density at radius 2 is 1.90 bits per heavy atom. The summed E-state index contributed by atoms with van der Waals surface area (Å²) >= 11 is 0. The number of hydrogen-bond donors (Lipinski definition) is 1. The molecular weight excluding hydrogens is 268 g/mol. The Bertz CT molecular complexity index is 481. The molecule has 1 aromatic heterocycles. The Morgan fingerprint density at radius 1 is 1.24 bits per heavy atom. The lowest BCUT2D eigenvalue weighted by Crippen LogP contribution is -2.38. The number of aliphatic hydroxyl groups excluding tert-OH is 1. The predicted molar refractivity (Wildman–Crippen MR) is 77.8 cm³/mol. The van der Waals surface area contributed by atoms with E-state index in [1.165, 1.54) is 0 Å². The van der Waals surface area contributed by atoms with Gasteiger partial charge in [-0.2, -0.15) is 4.98 Å². The van der Waals surface area contributed by atoms with Crippen LogP contribution in [-0.2, 0) is 10.3 Å². The molecule has 2 fully saturated rings. The smallest absolute Gasteiger partial charge is 0.230 e. The molecule has 21 heavy (non-hydrogen) atoms. The highest BCUT2D eigenvalue weighted by atomic mass is 16.5. The van der Waals surface area contributed by atoms with Crippen LogP contribution in [0.25, 0.3) is 0 Å². The molecule has 2 aliphatic rings. The molecule has 0 saturated heterocycles. The van der Waals surface area contributed by atoms with E-state index < -0.39 is 0 Å². The van der Waals surface area contributed by atoms with Crippen LogP contribution in [0.1, 0.15) is 76.9 Å². The molecule has 1 N–H and O–H groups in total. The third kappa shape index (κ3) is 2.86. The zero-order chi connectivity index (χ0) is 15.1. The molecule has 0 bridgehead atoms. The topological polar surface area (TPSA) is 68.4 Å². The van der Waals surface area contributed by atoms with Gasteiger partial charge in [0.15, 0.2) is 0 Å². The van der Waals surface area contributed by atoms with Crippen LogP contribution < -0.4 is 0 Å². The molecular formula is C16H26N2O3. The zero-order valence-electron chi connectivity index (χ0n) is 13.3. The largest absolute Gasteiger partial charge is 0.393 e. The van der Waals surface area contributed by atoms with Gasteiger partial charge in [-0.1, -0.05) is 19.0 Å². The molecule has 0 spiro atoms. The Balaban J connectivity index is 1.78. The van der Waals surface area contributed by atoms with Crippen LogP contribution in [0.3, 0.4) is 0 Å². The maximum Gasteiger partial charge on any atom is 0.230 e. The summed E-state index contributed by atoms with van der Waals surface area (Å²) in [6.07, 6.45) is 5.37. The SMILES string of the molecule is CCOC1(c2noc(C3CC(O)C3)n2)CCC(C)(C)CC1. The van der Waals surface area contributed by atoms with Crippen molar-refractivity contribution < 1.29 is 14.4 Å². The highest BCUT2D eigenvalue weighted by Gasteiger charge is 2.44. The molecule has 0 aliphatic heterocycles. The van der Waals surface area contributed by atoms with Crippen molar-refractivity contribution >= 4 is 0 Å². The highest BCUT2D eigenvalue weighted by molar-refractivity contribution is 5.08. The summed E-state index contributed by atoms with van der Waals surface area (Å²) in [6, 6.07) is 0. The Labute approximate surface area is 126 Å². The van der Waals surface area contributed by atoms with Crippen molar-refractivity contribution in [2.75, 3.05) is 6.61 Å². The summed E-state index contributed by atoms with van der Waals surface area (Å²) in [4.78, 5) is 4.62. The minimum atomic E-state index is -0.381. The van der Waals surface area contributed by atoms with Crippen LogP contribution >= 0.6 is 0 Å². The average molecular weight is 294 g/mol. The number of rotatable bonds is 4. The second kappa shape index (κ2) is 5.36. The summed E-state index contributed by atoms with van der Waals surface area (Å²) < 4.78 is 11.5. The fraction of sp³-hybridized carbons (Fsp3) is 0.875. The first kappa shape index (κ1) is 15.0. The Kier molecular flexibility index (Phi) is 3.82. The van der Waals surface area contributed by atoms with E-state index in [9.17, 15) is 5.11 Å². The maximum atomic E-state index is 9.41. The first-order chi connectivity index (χ1) is 9.94. The third-order valence-electron chi connectivity index (χ3n) is 5.14. The van der Waals surface area contributed by atoms with Crippen molar-refractivity contribution in [3.63, 3.8) is 0 Å². The molecule has 0 unspecified atom stereocenters. The summed E-state index contributed by atoms with van der Waals surface area (Å²) in [7, 11) is 0. The van der Waals surface area contributed by atoms with Gasteiger partial charge >= 0.3 is 0 Å². The Hall–Kier alpha value is -0.940. The van der Waals surface area contributed by atoms with Crippen LogP contribution in [0.15, 0.2) is 4.52 Å². The van der Waals surface area contributed by atoms with E-state index in [2.05, 4.69) is 24.0 Å². The van der Waals surface area contributed by atoms with E-state index >= 15 is 0 Å². The molecule has 0 atom stereocenters. The Morgan fingerprint density at radius 3 is 2.48 bits per heavy atom. The van der Waals surface area contributed by atoms with Gasteiger partial charge in [0.2, 0.25) is 11.7 Å². The van der Waals surface area contributed by atoms with Gasteiger partial charge in [-0.05, 0) is 50.9 Å². The van der Waals surface area contributed by atoms with Gasteiger partial charge in [0.05, 0.1) is 6.10 Å². The molecule has 0 radical (unpaired) electrons. The second-order valence-electron chi connectivity index (χ2n) is 7.37. The number of aromatic nitrogens is 2. The lowest BCUT2D eigenvalue weighted by atomic mass is 9.70. The van der Waals surface area contributed by atoms with Crippen molar-refractivity contribution in [1.29, 1.82) is 0 Å². The van der Waals surface area contributed by atoms with Crippen LogP contribution in [0, 0.1) is 5.41 Å². The normalized spacial score (nSPS) is 30.9. The van der Waals surface area contributed by atoms with Gasteiger partial charge in [-0.3, -0.25) is 0 Å². The van der Waals surface area contributed by atoms with Crippen molar-refractivity contribution in [2.45, 2.75) is 76.9 Å². The number of ether oxygens (including phenoxy) is 1. The molecule has 1 heterocycles. The zero-order valence-corrected chi connectivity index (χ0v) is 13.3. The summed E-state index contributed by atoms with van der Waals surface area (Å²) in [5.74, 6) is 1.59. The fourth-order valence-corrected chi connectivity index (χ4v) is 3.41. The molecule has 5 heteroatoms. The van der Waals surface area contributed by atoms with Crippen molar-refractivity contribution in [2.24, 2.45) is 5.41 Å². The van der Waals surface area contributed by atoms with E-state index in [4.69, 9.17) is 9.26 Å². The molecule has 1 aromatic rings. The minimum Gasteiger partial charge on any atom is -0.393 e. The van der Waals surface area contributed by atoms with E-state index in [0.29, 0.717) is 23.7 Å². The van der Waals surface area contributed by atoms with Crippen LogP contribution in [-0.4, -0.2) is 28.0 Å². The second-order valence-corrected chi connectivity index (χ2v) is 7.37. The molecule has 2 saturated carbocycles. The summed E-state index contributed by atoms with van der Waals surface area (Å²) in [5.41, 5.74) is -0.0143. The standard InChI is InChI=1S/C16H26N2O3/c1-4-20-16(7-5-15(2,3)6-8-16)14-17-13(21-18-14)11-9-12(19)10-11/h11-12,19H,4-10H2,1-3H3. The lowest BCUT2D eigenvalue weighted by molar-refractivity contribution is -0.0957. The lowest BCUT2D eigenvalue weighted by Gasteiger charge is -2.41. The molecule has 0 amide bonds. The molecule has 0 aromatic carbocycles. The third-order valence-corrected chi connectivity index (χ3v) is 5.14. The number of hydrogen-bond acceptors (Lipinski definition) is 5. The van der Waals surface area contributed by atoms with E-state index in [0.717, 1.165) is 38.5 Å². The minimum absolute atomic E-state index is 0.207. The van der Waals surface area contributed by atoms with Gasteiger partial charge in [0.25, 0.3) is 0 Å². The highest BCUT2D eigenvalue weighted by Crippen LogP contribution is 2.47. The van der Waals surface area contributed by atoms with Crippen molar-refractivity contribution in [3.05, 3.63) is 11.7 Å². The van der Waals surface area contributed by atoms with Crippen molar-refractivity contribution in [3.8, 4) is 0 Å². The maximum absolute atomic E-state index is 9.41. The first-order valence-electron chi connectivity index (χ1n) is 8.10. The van der Waals surface area contributed by atoms with E-state index in [1.54, 1.807) is 0 Å². The molecule has 3 rings (SSSR count). The van der Waals surface area contributed by atoms with Gasteiger partial charge < -0.3 is 14.4 Å². The monoisotopic (exact) mass is 294 g/mol. The quantitative estimate of drug-likeness (QED) is 0.924. The number of nitrogens with zero attached hydrogens (tertiary/aromatic N) is 2. The van der Waals surface area contributed by atoms with Gasteiger partial charge in [0.1, 0.15) is 5.60 Å². The van der Waals surface area contributed by atoms with E-state index in [1.807, 2.05) is 6.92 Å². The summed E-state index contributed by atoms with van der Waals surface area (Å²) in [5, 5.41) is 13.6. The van der Waals surface area contributed by atoms with Crippen LogP contribution in [0.2, 0.25) is 0 Å². The first-order valence-corrected chi connectivity index (χ1v) is 8.10. The predicted octanol–water partition coefficient (Wildman–Crippen LogP) is 3.14. The van der Waals surface area contributed by atoms with Gasteiger partial charge in [-0.25, -0.2) is 0 Å². The molecule has 5 nitrogen and oxygen atoms in total. The van der Waals surface area contributed by atoms with Crippen LogP contribution in [0.5, 0.6) is 0 Å².